The Bertz CT molecular complexity index is 790. The molecule has 1 aliphatic rings. The van der Waals surface area contributed by atoms with Crippen LogP contribution in [0.5, 0.6) is 0 Å². The number of amides is 2. The number of hydrogen-bond acceptors (Lipinski definition) is 3. The Labute approximate surface area is 147 Å². The highest BCUT2D eigenvalue weighted by molar-refractivity contribution is 5.94. The van der Waals surface area contributed by atoms with Gasteiger partial charge in [-0.2, -0.15) is 0 Å². The lowest BCUT2D eigenvalue weighted by Gasteiger charge is -2.04. The molecule has 1 saturated carbocycles. The molecule has 25 heavy (non-hydrogen) atoms. The monoisotopic (exact) mass is 338 g/mol. The highest BCUT2D eigenvalue weighted by atomic mass is 16.3. The topological polar surface area (TPSA) is 71.3 Å². The summed E-state index contributed by atoms with van der Waals surface area (Å²) >= 11 is 0. The molecule has 1 aromatic heterocycles. The molecule has 5 nitrogen and oxygen atoms in total. The van der Waals surface area contributed by atoms with Gasteiger partial charge in [-0.15, -0.1) is 0 Å². The van der Waals surface area contributed by atoms with Crippen LogP contribution < -0.4 is 10.6 Å². The summed E-state index contributed by atoms with van der Waals surface area (Å²) in [6.45, 7) is 2.61. The predicted molar refractivity (Wildman–Crippen MR) is 95.9 cm³/mol. The molecule has 0 spiro atoms. The average Bonchev–Trinajstić information content (AvgIpc) is 3.18. The smallest absolute Gasteiger partial charge is 0.251 e. The van der Waals surface area contributed by atoms with Crippen LogP contribution in [0.1, 0.15) is 46.7 Å². The summed E-state index contributed by atoms with van der Waals surface area (Å²) in [5.74, 6) is 2.61. The Hall–Kier alpha value is -2.82. The molecular weight excluding hydrogens is 316 g/mol. The van der Waals surface area contributed by atoms with Gasteiger partial charge >= 0.3 is 0 Å². The van der Waals surface area contributed by atoms with E-state index in [2.05, 4.69) is 17.6 Å². The van der Waals surface area contributed by atoms with Gasteiger partial charge in [0.2, 0.25) is 5.91 Å². The summed E-state index contributed by atoms with van der Waals surface area (Å²) in [7, 11) is 1.59. The number of benzene rings is 1. The molecule has 0 saturated heterocycles. The standard InChI is InChI=1S/C20H22N2O3/c1-13-11-17(13)18-9-7-16(25-18)8-10-19(23)22-12-14-3-5-15(6-4-14)20(24)21-2/h3-10,13,17H,11-12H2,1-2H3,(H,21,24)(H,22,23)/b10-8+. The maximum Gasteiger partial charge on any atom is 0.251 e. The van der Waals surface area contributed by atoms with Crippen LogP contribution in [0.2, 0.25) is 0 Å². The number of rotatable bonds is 6. The molecule has 5 heteroatoms. The van der Waals surface area contributed by atoms with Gasteiger partial charge < -0.3 is 15.1 Å². The van der Waals surface area contributed by atoms with Crippen molar-refractivity contribution in [1.29, 1.82) is 0 Å². The molecule has 0 bridgehead atoms. The summed E-state index contributed by atoms with van der Waals surface area (Å²) in [5.41, 5.74) is 1.52. The van der Waals surface area contributed by atoms with Gasteiger partial charge in [-0.25, -0.2) is 0 Å². The van der Waals surface area contributed by atoms with Gasteiger partial charge in [0.1, 0.15) is 11.5 Å². The van der Waals surface area contributed by atoms with Crippen LogP contribution in [0, 0.1) is 5.92 Å². The molecule has 3 rings (SSSR count). The highest BCUT2D eigenvalue weighted by Gasteiger charge is 2.36. The van der Waals surface area contributed by atoms with Crippen LogP contribution in [-0.2, 0) is 11.3 Å². The van der Waals surface area contributed by atoms with E-state index in [-0.39, 0.29) is 11.8 Å². The second-order valence-corrected chi connectivity index (χ2v) is 6.39. The van der Waals surface area contributed by atoms with Crippen molar-refractivity contribution in [1.82, 2.24) is 10.6 Å². The van der Waals surface area contributed by atoms with Gasteiger partial charge in [-0.05, 0) is 48.2 Å². The molecule has 2 unspecified atom stereocenters. The van der Waals surface area contributed by atoms with E-state index in [1.165, 1.54) is 12.5 Å². The zero-order valence-electron chi connectivity index (χ0n) is 14.4. The van der Waals surface area contributed by atoms with Crippen LogP contribution in [0.4, 0.5) is 0 Å². The molecule has 2 amide bonds. The van der Waals surface area contributed by atoms with Crippen molar-refractivity contribution in [3.8, 4) is 0 Å². The van der Waals surface area contributed by atoms with Crippen LogP contribution in [0.25, 0.3) is 6.08 Å². The first-order chi connectivity index (χ1) is 12.1. The zero-order chi connectivity index (χ0) is 17.8. The fourth-order valence-electron chi connectivity index (χ4n) is 2.70. The van der Waals surface area contributed by atoms with Gasteiger partial charge in [0.15, 0.2) is 0 Å². The molecular formula is C20H22N2O3. The Morgan fingerprint density at radius 2 is 1.92 bits per heavy atom. The lowest BCUT2D eigenvalue weighted by atomic mass is 10.1. The van der Waals surface area contributed by atoms with Gasteiger partial charge in [0.25, 0.3) is 5.91 Å². The maximum absolute atomic E-state index is 11.9. The number of furan rings is 1. The molecule has 1 aromatic carbocycles. The van der Waals surface area contributed by atoms with Gasteiger partial charge in [-0.1, -0.05) is 19.1 Å². The first kappa shape index (κ1) is 17.0. The van der Waals surface area contributed by atoms with Crippen molar-refractivity contribution >= 4 is 17.9 Å². The lowest BCUT2D eigenvalue weighted by molar-refractivity contribution is -0.116. The molecule has 2 atom stereocenters. The third-order valence-electron chi connectivity index (χ3n) is 4.43. The van der Waals surface area contributed by atoms with Gasteiger partial charge in [-0.3, -0.25) is 9.59 Å². The second kappa shape index (κ2) is 7.38. The quantitative estimate of drug-likeness (QED) is 0.795. The van der Waals surface area contributed by atoms with Crippen molar-refractivity contribution in [3.63, 3.8) is 0 Å². The summed E-state index contributed by atoms with van der Waals surface area (Å²) in [6, 6.07) is 11.0. The van der Waals surface area contributed by atoms with Crippen LogP contribution in [0.3, 0.4) is 0 Å². The molecule has 0 radical (unpaired) electrons. The lowest BCUT2D eigenvalue weighted by Crippen LogP contribution is -2.20. The SMILES string of the molecule is CNC(=O)c1ccc(CNC(=O)/C=C/c2ccc(C3CC3C)o2)cc1. The third-order valence-corrected chi connectivity index (χ3v) is 4.43. The first-order valence-corrected chi connectivity index (χ1v) is 8.43. The predicted octanol–water partition coefficient (Wildman–Crippen LogP) is 3.09. The fraction of sp³-hybridized carbons (Fsp3) is 0.300. The van der Waals surface area contributed by atoms with E-state index in [4.69, 9.17) is 4.42 Å². The number of nitrogens with one attached hydrogen (secondary N) is 2. The zero-order valence-corrected chi connectivity index (χ0v) is 14.4. The number of carbonyl (C=O) groups excluding carboxylic acids is 2. The van der Waals surface area contributed by atoms with Crippen molar-refractivity contribution in [2.45, 2.75) is 25.8 Å². The molecule has 1 aliphatic carbocycles. The average molecular weight is 338 g/mol. The van der Waals surface area contributed by atoms with E-state index in [9.17, 15) is 9.59 Å². The molecule has 2 N–H and O–H groups in total. The minimum absolute atomic E-state index is 0.128. The van der Waals surface area contributed by atoms with Crippen molar-refractivity contribution in [2.24, 2.45) is 5.92 Å². The maximum atomic E-state index is 11.9. The fourth-order valence-corrected chi connectivity index (χ4v) is 2.70. The van der Waals surface area contributed by atoms with E-state index in [1.807, 2.05) is 24.3 Å². The van der Waals surface area contributed by atoms with Gasteiger partial charge in [0.05, 0.1) is 0 Å². The molecule has 1 heterocycles. The molecule has 1 fully saturated rings. The summed E-state index contributed by atoms with van der Waals surface area (Å²) in [6.07, 6.45) is 4.33. The minimum Gasteiger partial charge on any atom is -0.461 e. The Kier molecular flexibility index (Phi) is 5.03. The first-order valence-electron chi connectivity index (χ1n) is 8.43. The van der Waals surface area contributed by atoms with Crippen molar-refractivity contribution in [2.75, 3.05) is 7.05 Å². The van der Waals surface area contributed by atoms with E-state index in [0.717, 1.165) is 11.3 Å². The number of carbonyl (C=O) groups is 2. The Morgan fingerprint density at radius 1 is 1.20 bits per heavy atom. The van der Waals surface area contributed by atoms with E-state index >= 15 is 0 Å². The van der Waals surface area contributed by atoms with Crippen molar-refractivity contribution < 1.29 is 14.0 Å². The van der Waals surface area contributed by atoms with Crippen molar-refractivity contribution in [3.05, 3.63) is 65.1 Å². The van der Waals surface area contributed by atoms with Gasteiger partial charge in [0, 0.05) is 31.1 Å². The largest absolute Gasteiger partial charge is 0.461 e. The normalized spacial score (nSPS) is 19.0. The van der Waals surface area contributed by atoms with Crippen LogP contribution in [-0.4, -0.2) is 18.9 Å². The van der Waals surface area contributed by atoms with E-state index in [1.54, 1.807) is 25.3 Å². The molecule has 0 aliphatic heterocycles. The summed E-state index contributed by atoms with van der Waals surface area (Å²) < 4.78 is 5.73. The summed E-state index contributed by atoms with van der Waals surface area (Å²) in [4.78, 5) is 23.4. The Morgan fingerprint density at radius 3 is 2.56 bits per heavy atom. The van der Waals surface area contributed by atoms with Crippen LogP contribution in [0.15, 0.2) is 46.9 Å². The highest BCUT2D eigenvalue weighted by Crippen LogP contribution is 2.47. The minimum atomic E-state index is -0.187. The van der Waals surface area contributed by atoms with E-state index in [0.29, 0.717) is 29.7 Å². The third kappa shape index (κ3) is 4.38. The molecule has 2 aromatic rings. The second-order valence-electron chi connectivity index (χ2n) is 6.39. The summed E-state index contributed by atoms with van der Waals surface area (Å²) in [5, 5.41) is 5.38. The number of hydrogen-bond donors (Lipinski definition) is 2. The van der Waals surface area contributed by atoms with E-state index < -0.39 is 0 Å². The molecule has 130 valence electrons. The van der Waals surface area contributed by atoms with Crippen LogP contribution >= 0.6 is 0 Å². The Balaban J connectivity index is 1.49.